The highest BCUT2D eigenvalue weighted by atomic mass is 35.7. The van der Waals surface area contributed by atoms with Crippen LogP contribution < -0.4 is 10.1 Å². The average Bonchev–Trinajstić information content (AvgIpc) is 2.26. The van der Waals surface area contributed by atoms with Crippen molar-refractivity contribution in [1.82, 2.24) is 5.32 Å². The maximum absolute atomic E-state index is 11.4. The van der Waals surface area contributed by atoms with Gasteiger partial charge in [-0.05, 0) is 44.0 Å². The molecule has 0 saturated carbocycles. The molecule has 0 heterocycles. The Morgan fingerprint density at radius 1 is 1.30 bits per heavy atom. The fourth-order valence-electron chi connectivity index (χ4n) is 1.93. The number of rotatable bonds is 6. The maximum Gasteiger partial charge on any atom is 0.261 e. The van der Waals surface area contributed by atoms with Gasteiger partial charge in [0.05, 0.1) is 17.9 Å². The number of halogens is 1. The quantitative estimate of drug-likeness (QED) is 0.815. The van der Waals surface area contributed by atoms with Gasteiger partial charge in [0.25, 0.3) is 9.05 Å². The van der Waals surface area contributed by atoms with E-state index in [9.17, 15) is 13.2 Å². The third kappa shape index (κ3) is 4.68. The van der Waals surface area contributed by atoms with Crippen LogP contribution in [0.3, 0.4) is 0 Å². The minimum absolute atomic E-state index is 0.0825. The molecule has 5 nitrogen and oxygen atoms in total. The molecule has 0 atom stereocenters. The zero-order valence-electron chi connectivity index (χ0n) is 11.7. The molecule has 0 aliphatic carbocycles. The van der Waals surface area contributed by atoms with Gasteiger partial charge in [0.1, 0.15) is 5.75 Å². The maximum atomic E-state index is 11.4. The van der Waals surface area contributed by atoms with E-state index in [4.69, 9.17) is 15.4 Å². The molecule has 7 heteroatoms. The average molecular weight is 320 g/mol. The molecule has 1 amide bonds. The van der Waals surface area contributed by atoms with E-state index in [1.807, 2.05) is 6.92 Å². The SMILES string of the molecule is CCNC(=O)CCOc1cc(C)c(S(=O)(=O)Cl)c(C)c1. The van der Waals surface area contributed by atoms with Gasteiger partial charge in [0.15, 0.2) is 0 Å². The van der Waals surface area contributed by atoms with Crippen LogP contribution in [0.25, 0.3) is 0 Å². The molecule has 0 aliphatic rings. The second-order valence-electron chi connectivity index (χ2n) is 4.38. The molecule has 0 spiro atoms. The van der Waals surface area contributed by atoms with Crippen LogP contribution in [0.5, 0.6) is 5.75 Å². The predicted molar refractivity (Wildman–Crippen MR) is 77.8 cm³/mol. The van der Waals surface area contributed by atoms with Gasteiger partial charge in [0.2, 0.25) is 5.91 Å². The van der Waals surface area contributed by atoms with E-state index in [1.165, 1.54) is 0 Å². The Bertz CT molecular complexity index is 575. The number of amides is 1. The summed E-state index contributed by atoms with van der Waals surface area (Å²) in [7, 11) is 1.61. The topological polar surface area (TPSA) is 72.5 Å². The number of nitrogens with one attached hydrogen (secondary N) is 1. The summed E-state index contributed by atoms with van der Waals surface area (Å²) in [6, 6.07) is 3.19. The Morgan fingerprint density at radius 2 is 1.85 bits per heavy atom. The molecule has 0 aliphatic heterocycles. The van der Waals surface area contributed by atoms with Crippen LogP contribution in [0, 0.1) is 13.8 Å². The van der Waals surface area contributed by atoms with Gasteiger partial charge in [-0.25, -0.2) is 8.42 Å². The molecule has 1 aromatic rings. The van der Waals surface area contributed by atoms with E-state index >= 15 is 0 Å². The number of hydrogen-bond donors (Lipinski definition) is 1. The molecule has 1 aromatic carbocycles. The number of benzene rings is 1. The highest BCUT2D eigenvalue weighted by molar-refractivity contribution is 8.13. The largest absolute Gasteiger partial charge is 0.493 e. The van der Waals surface area contributed by atoms with Crippen molar-refractivity contribution in [2.45, 2.75) is 32.1 Å². The Kier molecular flexibility index (Phi) is 5.83. The van der Waals surface area contributed by atoms with Crippen molar-refractivity contribution < 1.29 is 17.9 Å². The summed E-state index contributed by atoms with van der Waals surface area (Å²) in [4.78, 5) is 11.4. The van der Waals surface area contributed by atoms with Gasteiger partial charge in [0, 0.05) is 17.2 Å². The molecule has 112 valence electrons. The van der Waals surface area contributed by atoms with Crippen molar-refractivity contribution in [2.75, 3.05) is 13.2 Å². The molecule has 0 saturated heterocycles. The van der Waals surface area contributed by atoms with E-state index in [2.05, 4.69) is 5.32 Å². The van der Waals surface area contributed by atoms with Crippen LogP contribution in [0.2, 0.25) is 0 Å². The van der Waals surface area contributed by atoms with E-state index in [0.29, 0.717) is 23.4 Å². The molecule has 0 fully saturated rings. The fourth-order valence-corrected chi connectivity index (χ4v) is 3.54. The Balaban J connectivity index is 2.78. The second-order valence-corrected chi connectivity index (χ2v) is 6.88. The summed E-state index contributed by atoms with van der Waals surface area (Å²) < 4.78 is 28.3. The first-order chi connectivity index (χ1) is 9.25. The normalized spacial score (nSPS) is 11.2. The number of carbonyl (C=O) groups excluding carboxylic acids is 1. The third-order valence-corrected chi connectivity index (χ3v) is 4.24. The molecule has 0 bridgehead atoms. The molecule has 1 N–H and O–H groups in total. The Hall–Kier alpha value is -1.27. The lowest BCUT2D eigenvalue weighted by atomic mass is 10.1. The number of hydrogen-bond acceptors (Lipinski definition) is 4. The number of ether oxygens (including phenoxy) is 1. The summed E-state index contributed by atoms with van der Waals surface area (Å²) in [5.74, 6) is 0.439. The van der Waals surface area contributed by atoms with Crippen LogP contribution in [0.4, 0.5) is 0 Å². The Labute approximate surface area is 123 Å². The standard InChI is InChI=1S/C13H18ClNO4S/c1-4-15-12(16)5-6-19-11-7-9(2)13(10(3)8-11)20(14,17)18/h7-8H,4-6H2,1-3H3,(H,15,16). The lowest BCUT2D eigenvalue weighted by Gasteiger charge is -2.11. The fraction of sp³-hybridized carbons (Fsp3) is 0.462. The van der Waals surface area contributed by atoms with Crippen LogP contribution >= 0.6 is 10.7 Å². The van der Waals surface area contributed by atoms with E-state index in [1.54, 1.807) is 26.0 Å². The van der Waals surface area contributed by atoms with Crippen LogP contribution in [0.1, 0.15) is 24.5 Å². The molecule has 0 unspecified atom stereocenters. The molecular weight excluding hydrogens is 302 g/mol. The van der Waals surface area contributed by atoms with Crippen molar-refractivity contribution in [3.05, 3.63) is 23.3 Å². The molecule has 0 aromatic heterocycles. The highest BCUT2D eigenvalue weighted by Crippen LogP contribution is 2.28. The first-order valence-corrected chi connectivity index (χ1v) is 8.52. The van der Waals surface area contributed by atoms with Crippen molar-refractivity contribution >= 4 is 25.6 Å². The van der Waals surface area contributed by atoms with Gasteiger partial charge in [-0.1, -0.05) is 0 Å². The highest BCUT2D eigenvalue weighted by Gasteiger charge is 2.17. The van der Waals surface area contributed by atoms with E-state index in [0.717, 1.165) is 0 Å². The van der Waals surface area contributed by atoms with E-state index < -0.39 is 9.05 Å². The lowest BCUT2D eigenvalue weighted by Crippen LogP contribution is -2.24. The minimum atomic E-state index is -3.77. The zero-order valence-corrected chi connectivity index (χ0v) is 13.3. The summed E-state index contributed by atoms with van der Waals surface area (Å²) >= 11 is 0. The van der Waals surface area contributed by atoms with Gasteiger partial charge >= 0.3 is 0 Å². The van der Waals surface area contributed by atoms with E-state index in [-0.39, 0.29) is 23.8 Å². The Morgan fingerprint density at radius 3 is 2.30 bits per heavy atom. The van der Waals surface area contributed by atoms with Crippen LogP contribution in [-0.2, 0) is 13.8 Å². The van der Waals surface area contributed by atoms with Gasteiger partial charge < -0.3 is 10.1 Å². The van der Waals surface area contributed by atoms with Crippen molar-refractivity contribution in [1.29, 1.82) is 0 Å². The van der Waals surface area contributed by atoms with Gasteiger partial charge in [-0.2, -0.15) is 0 Å². The smallest absolute Gasteiger partial charge is 0.261 e. The van der Waals surface area contributed by atoms with Crippen LogP contribution in [0.15, 0.2) is 17.0 Å². The monoisotopic (exact) mass is 319 g/mol. The number of aryl methyl sites for hydroxylation is 2. The summed E-state index contributed by atoms with van der Waals surface area (Å²) in [5.41, 5.74) is 1.04. The predicted octanol–water partition coefficient (Wildman–Crippen LogP) is 2.14. The molecule has 20 heavy (non-hydrogen) atoms. The van der Waals surface area contributed by atoms with Crippen molar-refractivity contribution in [3.63, 3.8) is 0 Å². The van der Waals surface area contributed by atoms with Crippen LogP contribution in [-0.4, -0.2) is 27.5 Å². The second kappa shape index (κ2) is 6.95. The third-order valence-electron chi connectivity index (χ3n) is 2.65. The number of carbonyl (C=O) groups is 1. The lowest BCUT2D eigenvalue weighted by molar-refractivity contribution is -0.121. The van der Waals surface area contributed by atoms with Crippen molar-refractivity contribution in [3.8, 4) is 5.75 Å². The van der Waals surface area contributed by atoms with Gasteiger partial charge in [-0.15, -0.1) is 0 Å². The molecular formula is C13H18ClNO4S. The van der Waals surface area contributed by atoms with Crippen molar-refractivity contribution in [2.24, 2.45) is 0 Å². The first kappa shape index (κ1) is 16.8. The summed E-state index contributed by atoms with van der Waals surface area (Å²) in [6.45, 7) is 5.96. The molecule has 1 rings (SSSR count). The summed E-state index contributed by atoms with van der Waals surface area (Å²) in [5, 5.41) is 2.67. The van der Waals surface area contributed by atoms with Gasteiger partial charge in [-0.3, -0.25) is 4.79 Å². The summed E-state index contributed by atoms with van der Waals surface area (Å²) in [6.07, 6.45) is 0.251. The first-order valence-electron chi connectivity index (χ1n) is 6.21. The molecule has 0 radical (unpaired) electrons. The minimum Gasteiger partial charge on any atom is -0.493 e. The zero-order chi connectivity index (χ0) is 15.3.